The number of methoxy groups -OCH3 is 2. The Bertz CT molecular complexity index is 997. The van der Waals surface area contributed by atoms with Crippen LogP contribution in [0.1, 0.15) is 11.4 Å². The standard InChI is InChI=1S/C20H25N7O3/c1-13-14(2)27(12-25-13)19-10-18(23-11-24-19)21-5-6-22-20(28)26-15-7-16(29-3)9-17(8-15)30-4/h7-12H,5-6H2,1-4H3,(H,21,23,24)(H2,22,26,28). The maximum absolute atomic E-state index is 12.1. The van der Waals surface area contributed by atoms with Crippen LogP contribution in [-0.2, 0) is 0 Å². The molecule has 30 heavy (non-hydrogen) atoms. The number of amides is 2. The van der Waals surface area contributed by atoms with Gasteiger partial charge in [0.25, 0.3) is 0 Å². The number of urea groups is 1. The molecule has 0 unspecified atom stereocenters. The largest absolute Gasteiger partial charge is 0.497 e. The van der Waals surface area contributed by atoms with E-state index in [4.69, 9.17) is 9.47 Å². The Kier molecular flexibility index (Phi) is 6.68. The van der Waals surface area contributed by atoms with Crippen LogP contribution in [0.25, 0.3) is 5.82 Å². The van der Waals surface area contributed by atoms with Crippen molar-refractivity contribution in [3.8, 4) is 17.3 Å². The molecule has 0 fully saturated rings. The minimum Gasteiger partial charge on any atom is -0.497 e. The molecule has 0 saturated carbocycles. The number of hydrogen-bond donors (Lipinski definition) is 3. The Morgan fingerprint density at radius 3 is 2.37 bits per heavy atom. The fraction of sp³-hybridized carbons (Fsp3) is 0.300. The number of hydrogen-bond acceptors (Lipinski definition) is 7. The third kappa shape index (κ3) is 5.16. The van der Waals surface area contributed by atoms with Crippen LogP contribution >= 0.6 is 0 Å². The van der Waals surface area contributed by atoms with E-state index in [1.54, 1.807) is 38.7 Å². The molecule has 0 spiro atoms. The molecule has 0 atom stereocenters. The Balaban J connectivity index is 1.50. The molecular weight excluding hydrogens is 386 g/mol. The minimum atomic E-state index is -0.333. The van der Waals surface area contributed by atoms with Gasteiger partial charge in [-0.3, -0.25) is 4.57 Å². The molecule has 3 N–H and O–H groups in total. The lowest BCUT2D eigenvalue weighted by Crippen LogP contribution is -2.32. The number of ether oxygens (including phenoxy) is 2. The van der Waals surface area contributed by atoms with Gasteiger partial charge in [-0.05, 0) is 13.8 Å². The van der Waals surface area contributed by atoms with Gasteiger partial charge in [-0.25, -0.2) is 19.7 Å². The number of imidazole rings is 1. The Hall–Kier alpha value is -3.82. The highest BCUT2D eigenvalue weighted by atomic mass is 16.5. The van der Waals surface area contributed by atoms with E-state index in [0.29, 0.717) is 36.1 Å². The summed E-state index contributed by atoms with van der Waals surface area (Å²) < 4.78 is 12.3. The number of anilines is 2. The molecule has 3 rings (SSSR count). The molecule has 0 radical (unpaired) electrons. The normalized spacial score (nSPS) is 10.4. The maximum Gasteiger partial charge on any atom is 0.319 e. The summed E-state index contributed by atoms with van der Waals surface area (Å²) in [5.41, 5.74) is 2.54. The van der Waals surface area contributed by atoms with Gasteiger partial charge in [0.15, 0.2) is 0 Å². The van der Waals surface area contributed by atoms with Crippen molar-refractivity contribution in [3.05, 3.63) is 48.3 Å². The summed E-state index contributed by atoms with van der Waals surface area (Å²) in [4.78, 5) is 24.9. The van der Waals surface area contributed by atoms with Gasteiger partial charge in [0.2, 0.25) is 0 Å². The first kappa shape index (κ1) is 20.9. The van der Waals surface area contributed by atoms with Crippen LogP contribution in [0.2, 0.25) is 0 Å². The highest BCUT2D eigenvalue weighted by molar-refractivity contribution is 5.89. The van der Waals surface area contributed by atoms with Gasteiger partial charge in [0.1, 0.15) is 35.8 Å². The molecule has 0 bridgehead atoms. The van der Waals surface area contributed by atoms with Crippen LogP contribution < -0.4 is 25.4 Å². The van der Waals surface area contributed by atoms with Crippen LogP contribution in [0.5, 0.6) is 11.5 Å². The SMILES string of the molecule is COc1cc(NC(=O)NCCNc2cc(-n3cnc(C)c3C)ncn2)cc(OC)c1. The molecule has 158 valence electrons. The fourth-order valence-electron chi connectivity index (χ4n) is 2.73. The first-order valence-corrected chi connectivity index (χ1v) is 9.35. The van der Waals surface area contributed by atoms with Crippen LogP contribution in [0, 0.1) is 13.8 Å². The molecule has 2 heterocycles. The van der Waals surface area contributed by atoms with E-state index in [2.05, 4.69) is 30.9 Å². The molecule has 0 aliphatic rings. The van der Waals surface area contributed by atoms with Crippen molar-refractivity contribution in [2.24, 2.45) is 0 Å². The molecule has 0 aliphatic heterocycles. The molecule has 10 heteroatoms. The van der Waals surface area contributed by atoms with Gasteiger partial charge < -0.3 is 25.4 Å². The molecule has 0 aliphatic carbocycles. The second-order valence-corrected chi connectivity index (χ2v) is 6.46. The third-order valence-electron chi connectivity index (χ3n) is 4.48. The number of aromatic nitrogens is 4. The van der Waals surface area contributed by atoms with Crippen molar-refractivity contribution in [2.45, 2.75) is 13.8 Å². The zero-order valence-corrected chi connectivity index (χ0v) is 17.4. The fourth-order valence-corrected chi connectivity index (χ4v) is 2.73. The lowest BCUT2D eigenvalue weighted by molar-refractivity contribution is 0.252. The Labute approximate surface area is 174 Å². The second-order valence-electron chi connectivity index (χ2n) is 6.46. The number of rotatable bonds is 8. The zero-order chi connectivity index (χ0) is 21.5. The topological polar surface area (TPSA) is 115 Å². The summed E-state index contributed by atoms with van der Waals surface area (Å²) in [6, 6.07) is 6.65. The first-order valence-electron chi connectivity index (χ1n) is 9.35. The van der Waals surface area contributed by atoms with E-state index in [1.807, 2.05) is 24.5 Å². The van der Waals surface area contributed by atoms with Gasteiger partial charge in [-0.2, -0.15) is 0 Å². The molecule has 10 nitrogen and oxygen atoms in total. The molecule has 2 aromatic heterocycles. The van der Waals surface area contributed by atoms with Crippen molar-refractivity contribution in [1.82, 2.24) is 24.8 Å². The van der Waals surface area contributed by atoms with Crippen molar-refractivity contribution >= 4 is 17.5 Å². The van der Waals surface area contributed by atoms with E-state index in [1.165, 1.54) is 6.33 Å². The summed E-state index contributed by atoms with van der Waals surface area (Å²) in [6.07, 6.45) is 3.22. The number of nitrogens with zero attached hydrogens (tertiary/aromatic N) is 4. The van der Waals surface area contributed by atoms with Gasteiger partial charge >= 0.3 is 6.03 Å². The van der Waals surface area contributed by atoms with Crippen molar-refractivity contribution < 1.29 is 14.3 Å². The molecule has 0 saturated heterocycles. The van der Waals surface area contributed by atoms with E-state index >= 15 is 0 Å². The number of aryl methyl sites for hydroxylation is 1. The molecular formula is C20H25N7O3. The maximum atomic E-state index is 12.1. The van der Waals surface area contributed by atoms with Crippen molar-refractivity contribution in [2.75, 3.05) is 37.9 Å². The third-order valence-corrected chi connectivity index (χ3v) is 4.48. The Morgan fingerprint density at radius 2 is 1.73 bits per heavy atom. The van der Waals surface area contributed by atoms with Crippen LogP contribution in [-0.4, -0.2) is 52.9 Å². The number of benzene rings is 1. The van der Waals surface area contributed by atoms with Crippen LogP contribution in [0.3, 0.4) is 0 Å². The van der Waals surface area contributed by atoms with Crippen LogP contribution in [0.15, 0.2) is 36.9 Å². The summed E-state index contributed by atoms with van der Waals surface area (Å²) >= 11 is 0. The van der Waals surface area contributed by atoms with Crippen molar-refractivity contribution in [1.29, 1.82) is 0 Å². The lowest BCUT2D eigenvalue weighted by atomic mass is 10.3. The lowest BCUT2D eigenvalue weighted by Gasteiger charge is -2.11. The number of carbonyl (C=O) groups excluding carboxylic acids is 1. The predicted molar refractivity (Wildman–Crippen MR) is 114 cm³/mol. The summed E-state index contributed by atoms with van der Waals surface area (Å²) in [7, 11) is 3.11. The monoisotopic (exact) mass is 411 g/mol. The second kappa shape index (κ2) is 9.59. The van der Waals surface area contributed by atoms with E-state index in [9.17, 15) is 4.79 Å². The molecule has 1 aromatic carbocycles. The van der Waals surface area contributed by atoms with Crippen molar-refractivity contribution in [3.63, 3.8) is 0 Å². The van der Waals surface area contributed by atoms with Gasteiger partial charge in [-0.1, -0.05) is 0 Å². The average Bonchev–Trinajstić information content (AvgIpc) is 3.09. The highest BCUT2D eigenvalue weighted by Gasteiger charge is 2.08. The first-order chi connectivity index (χ1) is 14.5. The average molecular weight is 411 g/mol. The summed E-state index contributed by atoms with van der Waals surface area (Å²) in [5, 5.41) is 8.71. The molecule has 3 aromatic rings. The summed E-state index contributed by atoms with van der Waals surface area (Å²) in [5.74, 6) is 2.57. The number of carbonyl (C=O) groups is 1. The Morgan fingerprint density at radius 1 is 1.00 bits per heavy atom. The quantitative estimate of drug-likeness (QED) is 0.488. The highest BCUT2D eigenvalue weighted by Crippen LogP contribution is 2.25. The number of nitrogens with one attached hydrogen (secondary N) is 3. The van der Waals surface area contributed by atoms with Gasteiger partial charge in [0, 0.05) is 48.7 Å². The van der Waals surface area contributed by atoms with Crippen LogP contribution in [0.4, 0.5) is 16.3 Å². The van der Waals surface area contributed by atoms with E-state index < -0.39 is 0 Å². The van der Waals surface area contributed by atoms with Gasteiger partial charge in [0.05, 0.1) is 19.9 Å². The zero-order valence-electron chi connectivity index (χ0n) is 17.4. The smallest absolute Gasteiger partial charge is 0.319 e. The summed E-state index contributed by atoms with van der Waals surface area (Å²) in [6.45, 7) is 4.82. The minimum absolute atomic E-state index is 0.333. The predicted octanol–water partition coefficient (Wildman–Crippen LogP) is 2.53. The molecule has 2 amide bonds. The van der Waals surface area contributed by atoms with Gasteiger partial charge in [-0.15, -0.1) is 0 Å². The van der Waals surface area contributed by atoms with E-state index in [-0.39, 0.29) is 6.03 Å². The van der Waals surface area contributed by atoms with E-state index in [0.717, 1.165) is 17.2 Å².